The summed E-state index contributed by atoms with van der Waals surface area (Å²) in [5.41, 5.74) is 6.69. The van der Waals surface area contributed by atoms with Crippen LogP contribution in [-0.2, 0) is 29.9 Å². The lowest BCUT2D eigenvalue weighted by Crippen LogP contribution is -2.19. The number of anilines is 4. The van der Waals surface area contributed by atoms with E-state index >= 15 is 0 Å². The predicted molar refractivity (Wildman–Crippen MR) is 118 cm³/mol. The third kappa shape index (κ3) is 10.9. The summed E-state index contributed by atoms with van der Waals surface area (Å²) < 4.78 is 59.9. The van der Waals surface area contributed by atoms with Gasteiger partial charge >= 0.3 is 6.03 Å². The number of amides is 2. The van der Waals surface area contributed by atoms with Crippen LogP contribution in [0.2, 0.25) is 0 Å². The zero-order valence-corrected chi connectivity index (χ0v) is 18.1. The lowest BCUT2D eigenvalue weighted by Gasteiger charge is -2.11. The van der Waals surface area contributed by atoms with Crippen molar-refractivity contribution in [2.75, 3.05) is 46.3 Å². The van der Waals surface area contributed by atoms with Gasteiger partial charge < -0.3 is 10.6 Å². The number of urea groups is 1. The van der Waals surface area contributed by atoms with E-state index in [2.05, 4.69) is 21.6 Å². The number of hydrogen-bond donors (Lipinski definition) is 6. The maximum atomic E-state index is 12.2. The Morgan fingerprint density at radius 2 is 1.09 bits per heavy atom. The van der Waals surface area contributed by atoms with Crippen molar-refractivity contribution in [3.8, 4) is 0 Å². The van der Waals surface area contributed by atoms with Crippen LogP contribution < -0.4 is 21.6 Å². The predicted octanol–water partition coefficient (Wildman–Crippen LogP) is 1.79. The molecule has 0 aliphatic rings. The second-order valence-corrected chi connectivity index (χ2v) is 9.36. The van der Waals surface area contributed by atoms with Crippen LogP contribution in [0.1, 0.15) is 0 Å². The highest BCUT2D eigenvalue weighted by molar-refractivity contribution is 7.86. The molecule has 0 bridgehead atoms. The molecule has 0 saturated carbocycles. The van der Waals surface area contributed by atoms with Crippen LogP contribution in [0, 0.1) is 0 Å². The van der Waals surface area contributed by atoms with Crippen molar-refractivity contribution < 1.29 is 40.4 Å². The minimum Gasteiger partial charge on any atom is -0.308 e. The van der Waals surface area contributed by atoms with Crippen molar-refractivity contribution in [3.63, 3.8) is 0 Å². The van der Waals surface area contributed by atoms with Gasteiger partial charge in [-0.15, -0.1) is 0 Å². The van der Waals surface area contributed by atoms with Crippen molar-refractivity contribution in [2.24, 2.45) is 0 Å². The van der Waals surface area contributed by atoms with Crippen LogP contribution in [-0.4, -0.2) is 56.7 Å². The third-order valence-corrected chi connectivity index (χ3v) is 4.87. The van der Waals surface area contributed by atoms with Crippen molar-refractivity contribution >= 4 is 49.0 Å². The quantitative estimate of drug-likeness (QED) is 0.144. The van der Waals surface area contributed by atoms with Gasteiger partial charge in [0, 0.05) is 11.4 Å². The topological polar surface area (TPSA) is 192 Å². The lowest BCUT2D eigenvalue weighted by atomic mass is 10.3. The Morgan fingerprint density at radius 3 is 1.47 bits per heavy atom. The Balaban J connectivity index is 1.83. The number of nitrogens with one attached hydrogen (secondary N) is 4. The standard InChI is InChI=1S/C17H22N4O9S2/c22-17(18-13-3-1-5-15(11-13)20-29-7-9-31(23,24)25)19-14-4-2-6-16(12-14)21-30-8-10-32(26,27)28/h1-6,11-12,20-21H,7-10H2,(H2,18,19,22)(H,23,24,25)(H,26,27,28). The van der Waals surface area contributed by atoms with E-state index in [0.717, 1.165) is 0 Å². The van der Waals surface area contributed by atoms with Gasteiger partial charge in [0.15, 0.2) is 0 Å². The average Bonchev–Trinajstić information content (AvgIpc) is 2.68. The molecule has 6 N–H and O–H groups in total. The van der Waals surface area contributed by atoms with E-state index in [9.17, 15) is 21.6 Å². The molecule has 176 valence electrons. The summed E-state index contributed by atoms with van der Waals surface area (Å²) >= 11 is 0. The molecular formula is C17H22N4O9S2. The number of rotatable bonds is 12. The van der Waals surface area contributed by atoms with Crippen molar-refractivity contribution in [1.82, 2.24) is 0 Å². The summed E-state index contributed by atoms with van der Waals surface area (Å²) in [4.78, 5) is 22.1. The minimum absolute atomic E-state index is 0.277. The van der Waals surface area contributed by atoms with Gasteiger partial charge in [-0.1, -0.05) is 12.1 Å². The monoisotopic (exact) mass is 490 g/mol. The van der Waals surface area contributed by atoms with E-state index in [1.807, 2.05) is 0 Å². The van der Waals surface area contributed by atoms with Gasteiger partial charge in [0.1, 0.15) is 11.5 Å². The minimum atomic E-state index is -4.13. The SMILES string of the molecule is O=C(Nc1cccc(NOCCS(=O)(=O)O)c1)Nc1cccc(NOCCS(=O)(=O)O)c1. The lowest BCUT2D eigenvalue weighted by molar-refractivity contribution is 0.210. The Hall–Kier alpha value is -2.95. The van der Waals surface area contributed by atoms with E-state index in [0.29, 0.717) is 22.7 Å². The highest BCUT2D eigenvalue weighted by Gasteiger charge is 2.07. The molecular weight excluding hydrogens is 468 g/mol. The summed E-state index contributed by atoms with van der Waals surface area (Å²) in [7, 11) is -8.25. The molecule has 13 nitrogen and oxygen atoms in total. The summed E-state index contributed by atoms with van der Waals surface area (Å²) in [5, 5.41) is 5.21. The highest BCUT2D eigenvalue weighted by atomic mass is 32.2. The van der Waals surface area contributed by atoms with Crippen molar-refractivity contribution in [1.29, 1.82) is 0 Å². The molecule has 2 aromatic carbocycles. The van der Waals surface area contributed by atoms with E-state index < -0.39 is 37.8 Å². The third-order valence-electron chi connectivity index (χ3n) is 3.51. The molecule has 0 unspecified atom stereocenters. The van der Waals surface area contributed by atoms with Gasteiger partial charge in [0.2, 0.25) is 0 Å². The normalized spacial score (nSPS) is 11.6. The Labute approximate surface area is 184 Å². The van der Waals surface area contributed by atoms with Gasteiger partial charge in [0.25, 0.3) is 20.2 Å². The second kappa shape index (κ2) is 11.6. The van der Waals surface area contributed by atoms with Gasteiger partial charge in [-0.05, 0) is 36.4 Å². The number of benzene rings is 2. The van der Waals surface area contributed by atoms with Crippen LogP contribution in [0.15, 0.2) is 48.5 Å². The molecule has 0 fully saturated rings. The maximum absolute atomic E-state index is 12.2. The molecule has 2 rings (SSSR count). The molecule has 0 aromatic heterocycles. The first-order valence-electron chi connectivity index (χ1n) is 8.94. The first kappa shape index (κ1) is 25.3. The van der Waals surface area contributed by atoms with Crippen LogP contribution in [0.5, 0.6) is 0 Å². The van der Waals surface area contributed by atoms with Gasteiger partial charge in [-0.3, -0.25) is 29.7 Å². The smallest absolute Gasteiger partial charge is 0.308 e. The molecule has 0 aliphatic heterocycles. The molecule has 0 atom stereocenters. The summed E-state index contributed by atoms with van der Waals surface area (Å²) in [6, 6.07) is 12.2. The fourth-order valence-electron chi connectivity index (χ4n) is 2.18. The largest absolute Gasteiger partial charge is 0.323 e. The molecule has 0 saturated heterocycles. The summed E-state index contributed by atoms with van der Waals surface area (Å²) in [5.74, 6) is -1.14. The fraction of sp³-hybridized carbons (Fsp3) is 0.235. The first-order chi connectivity index (χ1) is 15.0. The average molecular weight is 491 g/mol. The van der Waals surface area contributed by atoms with E-state index in [4.69, 9.17) is 18.8 Å². The number of carbonyl (C=O) groups is 1. The molecule has 2 aromatic rings. The zero-order valence-electron chi connectivity index (χ0n) is 16.5. The number of hydrogen-bond acceptors (Lipinski definition) is 9. The molecule has 0 spiro atoms. The van der Waals surface area contributed by atoms with Gasteiger partial charge in [-0.25, -0.2) is 4.79 Å². The fourth-order valence-corrected chi connectivity index (χ4v) is 2.76. The highest BCUT2D eigenvalue weighted by Crippen LogP contribution is 2.18. The molecule has 0 aliphatic carbocycles. The number of carbonyl (C=O) groups excluding carboxylic acids is 1. The molecule has 2 amide bonds. The van der Waals surface area contributed by atoms with Crippen molar-refractivity contribution in [3.05, 3.63) is 48.5 Å². The molecule has 0 radical (unpaired) electrons. The van der Waals surface area contributed by atoms with E-state index in [-0.39, 0.29) is 13.2 Å². The zero-order chi connectivity index (χ0) is 23.6. The Bertz CT molecular complexity index is 1040. The van der Waals surface area contributed by atoms with Crippen LogP contribution >= 0.6 is 0 Å². The van der Waals surface area contributed by atoms with Gasteiger partial charge in [-0.2, -0.15) is 16.8 Å². The molecule has 32 heavy (non-hydrogen) atoms. The Kier molecular flexibility index (Phi) is 9.18. The maximum Gasteiger partial charge on any atom is 0.323 e. The van der Waals surface area contributed by atoms with Gasteiger partial charge in [0.05, 0.1) is 24.6 Å². The summed E-state index contributed by atoms with van der Waals surface area (Å²) in [6.07, 6.45) is 0. The molecule has 0 heterocycles. The molecule has 15 heteroatoms. The van der Waals surface area contributed by atoms with Crippen LogP contribution in [0.25, 0.3) is 0 Å². The Morgan fingerprint density at radius 1 is 0.719 bits per heavy atom. The van der Waals surface area contributed by atoms with Crippen molar-refractivity contribution in [2.45, 2.75) is 0 Å². The second-order valence-electron chi connectivity index (χ2n) is 6.21. The van der Waals surface area contributed by atoms with E-state index in [1.165, 1.54) is 12.1 Å². The first-order valence-corrected chi connectivity index (χ1v) is 12.2. The van der Waals surface area contributed by atoms with E-state index in [1.54, 1.807) is 36.4 Å². The summed E-state index contributed by atoms with van der Waals surface area (Å²) in [6.45, 7) is -0.554. The van der Waals surface area contributed by atoms with Crippen LogP contribution in [0.3, 0.4) is 0 Å². The van der Waals surface area contributed by atoms with Crippen LogP contribution in [0.4, 0.5) is 27.5 Å².